The molecule has 1 amide bonds. The lowest BCUT2D eigenvalue weighted by Crippen LogP contribution is -2.37. The Morgan fingerprint density at radius 2 is 1.88 bits per heavy atom. The van der Waals surface area contributed by atoms with Crippen LogP contribution < -0.4 is 0 Å². The quantitative estimate of drug-likeness (QED) is 0.237. The van der Waals surface area contributed by atoms with Gasteiger partial charge >= 0.3 is 0 Å². The van der Waals surface area contributed by atoms with E-state index in [2.05, 4.69) is 27.8 Å². The number of carbonyl (C=O) groups excluding carboxylic acids is 1. The molecule has 1 saturated heterocycles. The Morgan fingerprint density at radius 3 is 2.66 bits per heavy atom. The summed E-state index contributed by atoms with van der Waals surface area (Å²) in [5.74, 6) is 3.76. The second-order valence-corrected chi connectivity index (χ2v) is 12.3. The molecule has 2 aromatic carbocycles. The fraction of sp³-hybridized carbons (Fsp3) is 0.382. The van der Waals surface area contributed by atoms with Gasteiger partial charge in [0, 0.05) is 55.0 Å². The summed E-state index contributed by atoms with van der Waals surface area (Å²) in [4.78, 5) is 19.5. The Kier molecular flexibility index (Phi) is 8.57. The number of thioether (sulfide) groups is 1. The van der Waals surface area contributed by atoms with Gasteiger partial charge in [0.05, 0.1) is 18.0 Å². The monoisotopic (exact) mass is 563 g/mol. The van der Waals surface area contributed by atoms with Crippen LogP contribution in [-0.2, 0) is 19.4 Å². The van der Waals surface area contributed by atoms with Crippen LogP contribution in [0.3, 0.4) is 0 Å². The predicted molar refractivity (Wildman–Crippen MR) is 162 cm³/mol. The molecule has 2 aromatic heterocycles. The molecule has 0 atom stereocenters. The van der Waals surface area contributed by atoms with E-state index in [9.17, 15) is 4.79 Å². The Bertz CT molecular complexity index is 1520. The van der Waals surface area contributed by atoms with E-state index in [1.54, 1.807) is 0 Å². The number of furan rings is 1. The Balaban J connectivity index is 1.29. The maximum absolute atomic E-state index is 13.1. The molecule has 7 heteroatoms. The molecule has 1 radical (unpaired) electrons. The number of nitrogens with zero attached hydrogens (tertiary/aromatic N) is 4. The fourth-order valence-electron chi connectivity index (χ4n) is 6.10. The third-order valence-corrected chi connectivity index (χ3v) is 9.33. The van der Waals surface area contributed by atoms with E-state index in [1.807, 2.05) is 71.7 Å². The molecule has 41 heavy (non-hydrogen) atoms. The average Bonchev–Trinajstić information content (AvgIpc) is 3.69. The van der Waals surface area contributed by atoms with Crippen molar-refractivity contribution in [3.8, 4) is 17.4 Å². The smallest absolute Gasteiger partial charge is 0.289 e. The summed E-state index contributed by atoms with van der Waals surface area (Å²) in [7, 11) is 0. The van der Waals surface area contributed by atoms with Gasteiger partial charge in [-0.2, -0.15) is 17.0 Å². The van der Waals surface area contributed by atoms with Crippen molar-refractivity contribution in [3.63, 3.8) is 0 Å². The average molecular weight is 564 g/mol. The van der Waals surface area contributed by atoms with Crippen LogP contribution in [-0.4, -0.2) is 45.0 Å². The van der Waals surface area contributed by atoms with Gasteiger partial charge in [0.2, 0.25) is 0 Å². The van der Waals surface area contributed by atoms with Crippen molar-refractivity contribution in [2.45, 2.75) is 51.5 Å². The van der Waals surface area contributed by atoms with Crippen LogP contribution in [0.5, 0.6) is 0 Å². The number of nitriles is 1. The second kappa shape index (κ2) is 12.8. The van der Waals surface area contributed by atoms with Crippen molar-refractivity contribution in [2.24, 2.45) is 5.92 Å². The van der Waals surface area contributed by atoms with Gasteiger partial charge in [-0.05, 0) is 59.4 Å². The van der Waals surface area contributed by atoms with Gasteiger partial charge in [0.15, 0.2) is 5.76 Å². The van der Waals surface area contributed by atoms with Gasteiger partial charge in [-0.3, -0.25) is 4.79 Å². The van der Waals surface area contributed by atoms with Crippen molar-refractivity contribution in [1.29, 1.82) is 5.26 Å². The van der Waals surface area contributed by atoms with Crippen molar-refractivity contribution >= 4 is 17.7 Å². The highest BCUT2D eigenvalue weighted by Crippen LogP contribution is 2.35. The van der Waals surface area contributed by atoms with Crippen LogP contribution in [0.1, 0.15) is 70.6 Å². The molecule has 209 valence electrons. The first-order valence-corrected chi connectivity index (χ1v) is 15.8. The molecule has 1 aliphatic heterocycles. The maximum atomic E-state index is 13.1. The normalized spacial score (nSPS) is 16.0. The third kappa shape index (κ3) is 6.44. The number of benzene rings is 2. The minimum atomic E-state index is -0.0141. The minimum Gasteiger partial charge on any atom is -0.451 e. The summed E-state index contributed by atoms with van der Waals surface area (Å²) in [6.07, 6.45) is 11.9. The molecule has 2 fully saturated rings. The van der Waals surface area contributed by atoms with Gasteiger partial charge < -0.3 is 13.9 Å². The van der Waals surface area contributed by atoms with E-state index in [-0.39, 0.29) is 5.91 Å². The van der Waals surface area contributed by atoms with Crippen molar-refractivity contribution in [2.75, 3.05) is 24.6 Å². The third-order valence-electron chi connectivity index (χ3n) is 8.39. The summed E-state index contributed by atoms with van der Waals surface area (Å²) >= 11 is 1.89. The van der Waals surface area contributed by atoms with E-state index in [0.29, 0.717) is 30.2 Å². The SMILES string of the molecule is N#Cc1ccc(Cn2cncc2Cc2[c]ccc(-c3ccc(C(=O)N4CCSCC4)o3)c2CC2CCCCC2)cc1. The first-order valence-electron chi connectivity index (χ1n) is 14.7. The van der Waals surface area contributed by atoms with Crippen LogP contribution in [0, 0.1) is 23.3 Å². The van der Waals surface area contributed by atoms with Gasteiger partial charge in [0.1, 0.15) is 5.76 Å². The fourth-order valence-corrected chi connectivity index (χ4v) is 7.00. The number of imidazole rings is 1. The zero-order valence-corrected chi connectivity index (χ0v) is 24.2. The van der Waals surface area contributed by atoms with Crippen molar-refractivity contribution < 1.29 is 9.21 Å². The topological polar surface area (TPSA) is 75.1 Å². The van der Waals surface area contributed by atoms with Crippen LogP contribution in [0.15, 0.2) is 65.5 Å². The van der Waals surface area contributed by atoms with Crippen LogP contribution in [0.25, 0.3) is 11.3 Å². The highest BCUT2D eigenvalue weighted by atomic mass is 32.2. The molecule has 1 aliphatic carbocycles. The first-order chi connectivity index (χ1) is 20.2. The van der Waals surface area contributed by atoms with Crippen LogP contribution in [0.2, 0.25) is 0 Å². The molecular formula is C34H35N4O2S. The van der Waals surface area contributed by atoms with Gasteiger partial charge in [-0.25, -0.2) is 4.98 Å². The first kappa shape index (κ1) is 27.4. The Hall–Kier alpha value is -3.76. The molecule has 0 unspecified atom stereocenters. The van der Waals surface area contributed by atoms with Crippen LogP contribution >= 0.6 is 11.8 Å². The maximum Gasteiger partial charge on any atom is 0.289 e. The van der Waals surface area contributed by atoms with E-state index in [0.717, 1.165) is 59.2 Å². The number of amides is 1. The highest BCUT2D eigenvalue weighted by molar-refractivity contribution is 7.99. The minimum absolute atomic E-state index is 0.0141. The van der Waals surface area contributed by atoms with Gasteiger partial charge in [-0.1, -0.05) is 56.4 Å². The molecule has 0 N–H and O–H groups in total. The number of carbonyl (C=O) groups is 1. The lowest BCUT2D eigenvalue weighted by molar-refractivity contribution is 0.0741. The summed E-state index contributed by atoms with van der Waals surface area (Å²) < 4.78 is 8.45. The molecule has 2 aliphatic rings. The Morgan fingerprint density at radius 1 is 1.07 bits per heavy atom. The standard InChI is InChI=1S/C34H35N4O2S/c35-21-26-9-11-27(12-10-26)23-38-24-36-22-29(38)20-28-7-4-8-30(31(28)19-25-5-2-1-3-6-25)32-13-14-33(40-32)34(39)37-15-17-41-18-16-37/h4,8-14,22,24-25H,1-3,5-6,15-20,23H2. The molecular weight excluding hydrogens is 528 g/mol. The molecule has 6 rings (SSSR count). The van der Waals surface area contributed by atoms with Gasteiger partial charge in [-0.15, -0.1) is 0 Å². The number of rotatable bonds is 8. The number of hydrogen-bond donors (Lipinski definition) is 0. The van der Waals surface area contributed by atoms with E-state index in [1.165, 1.54) is 37.7 Å². The summed E-state index contributed by atoms with van der Waals surface area (Å²) in [5, 5.41) is 9.13. The largest absolute Gasteiger partial charge is 0.451 e. The summed E-state index contributed by atoms with van der Waals surface area (Å²) in [6.45, 7) is 2.23. The van der Waals surface area contributed by atoms with E-state index in [4.69, 9.17) is 9.68 Å². The lowest BCUT2D eigenvalue weighted by Gasteiger charge is -2.25. The molecule has 1 saturated carbocycles. The number of aromatic nitrogens is 2. The second-order valence-electron chi connectivity index (χ2n) is 11.1. The summed E-state index contributed by atoms with van der Waals surface area (Å²) in [5.41, 5.74) is 6.40. The van der Waals surface area contributed by atoms with Crippen molar-refractivity contribution in [3.05, 3.63) is 101 Å². The van der Waals surface area contributed by atoms with Crippen molar-refractivity contribution in [1.82, 2.24) is 14.5 Å². The zero-order valence-electron chi connectivity index (χ0n) is 23.3. The number of hydrogen-bond acceptors (Lipinski definition) is 5. The van der Waals surface area contributed by atoms with Crippen LogP contribution in [0.4, 0.5) is 0 Å². The van der Waals surface area contributed by atoms with E-state index < -0.39 is 0 Å². The highest BCUT2D eigenvalue weighted by Gasteiger charge is 2.24. The molecule has 3 heterocycles. The van der Waals surface area contributed by atoms with E-state index >= 15 is 0 Å². The zero-order chi connectivity index (χ0) is 28.0. The lowest BCUT2D eigenvalue weighted by atomic mass is 9.81. The molecule has 0 spiro atoms. The molecule has 4 aromatic rings. The molecule has 6 nitrogen and oxygen atoms in total. The van der Waals surface area contributed by atoms with Gasteiger partial charge in [0.25, 0.3) is 5.91 Å². The predicted octanol–water partition coefficient (Wildman–Crippen LogP) is 6.77. The Labute approximate surface area is 246 Å². The summed E-state index contributed by atoms with van der Waals surface area (Å²) in [6, 6.07) is 21.4. The molecule has 0 bridgehead atoms.